The molecule has 0 radical (unpaired) electrons. The first-order valence-electron chi connectivity index (χ1n) is 6.53. The second-order valence-corrected chi connectivity index (χ2v) is 4.42. The zero-order valence-corrected chi connectivity index (χ0v) is 11.3. The van der Waals surface area contributed by atoms with Crippen LogP contribution in [0.3, 0.4) is 0 Å². The van der Waals surface area contributed by atoms with E-state index < -0.39 is 0 Å². The maximum absolute atomic E-state index is 11.5. The quantitative estimate of drug-likeness (QED) is 0.617. The highest BCUT2D eigenvalue weighted by molar-refractivity contribution is 5.77. The lowest BCUT2D eigenvalue weighted by Gasteiger charge is -2.06. The second kappa shape index (κ2) is 6.66. The summed E-state index contributed by atoms with van der Waals surface area (Å²) in [5.41, 5.74) is 3.60. The van der Waals surface area contributed by atoms with Gasteiger partial charge in [0.25, 0.3) is 0 Å². The van der Waals surface area contributed by atoms with Crippen LogP contribution in [0.2, 0.25) is 0 Å². The van der Waals surface area contributed by atoms with Crippen molar-refractivity contribution >= 4 is 12.3 Å². The molecular weight excluding hydrogens is 252 g/mol. The van der Waals surface area contributed by atoms with Crippen molar-refractivity contribution in [2.24, 2.45) is 0 Å². The normalized spacial score (nSPS) is 10.1. The van der Waals surface area contributed by atoms with E-state index in [1.165, 1.54) is 0 Å². The summed E-state index contributed by atoms with van der Waals surface area (Å²) in [6.07, 6.45) is 1.09. The predicted octanol–water partition coefficient (Wildman–Crippen LogP) is 3.27. The summed E-state index contributed by atoms with van der Waals surface area (Å²) in [7, 11) is 0. The Bertz CT molecular complexity index is 600. The van der Waals surface area contributed by atoms with Crippen LogP contribution in [0, 0.1) is 0 Å². The molecular formula is C17H16O3. The molecule has 0 saturated heterocycles. The Hall–Kier alpha value is -2.42. The fourth-order valence-electron chi connectivity index (χ4n) is 1.99. The van der Waals surface area contributed by atoms with Crippen molar-refractivity contribution in [3.8, 4) is 11.1 Å². The van der Waals surface area contributed by atoms with Crippen molar-refractivity contribution in [1.82, 2.24) is 0 Å². The van der Waals surface area contributed by atoms with Crippen molar-refractivity contribution in [3.63, 3.8) is 0 Å². The number of ether oxygens (including phenoxy) is 1. The molecule has 2 aromatic carbocycles. The highest BCUT2D eigenvalue weighted by atomic mass is 16.5. The third-order valence-corrected chi connectivity index (χ3v) is 2.96. The Morgan fingerprint density at radius 2 is 1.85 bits per heavy atom. The number of benzene rings is 2. The van der Waals surface area contributed by atoms with Crippen molar-refractivity contribution < 1.29 is 14.3 Å². The maximum Gasteiger partial charge on any atom is 0.310 e. The second-order valence-electron chi connectivity index (χ2n) is 4.42. The van der Waals surface area contributed by atoms with Gasteiger partial charge in [0.15, 0.2) is 0 Å². The number of esters is 1. The van der Waals surface area contributed by atoms with E-state index in [0.717, 1.165) is 23.0 Å². The number of aldehydes is 1. The van der Waals surface area contributed by atoms with Gasteiger partial charge in [-0.1, -0.05) is 48.5 Å². The Balaban J connectivity index is 2.20. The van der Waals surface area contributed by atoms with Gasteiger partial charge in [-0.15, -0.1) is 0 Å². The van der Waals surface area contributed by atoms with Gasteiger partial charge in [0.05, 0.1) is 13.0 Å². The highest BCUT2D eigenvalue weighted by Gasteiger charge is 2.05. The van der Waals surface area contributed by atoms with E-state index in [4.69, 9.17) is 4.74 Å². The van der Waals surface area contributed by atoms with Gasteiger partial charge in [0, 0.05) is 5.56 Å². The zero-order valence-electron chi connectivity index (χ0n) is 11.3. The van der Waals surface area contributed by atoms with Gasteiger partial charge in [-0.05, 0) is 23.6 Å². The highest BCUT2D eigenvalue weighted by Crippen LogP contribution is 2.21. The number of rotatable bonds is 5. The summed E-state index contributed by atoms with van der Waals surface area (Å²) in [5.74, 6) is -0.221. The summed E-state index contributed by atoms with van der Waals surface area (Å²) in [5, 5.41) is 0. The smallest absolute Gasteiger partial charge is 0.310 e. The summed E-state index contributed by atoms with van der Waals surface area (Å²) >= 11 is 0. The molecule has 0 aliphatic heterocycles. The van der Waals surface area contributed by atoms with Crippen LogP contribution in [0.15, 0.2) is 48.5 Å². The molecule has 20 heavy (non-hydrogen) atoms. The van der Waals surface area contributed by atoms with Gasteiger partial charge in [0.2, 0.25) is 0 Å². The minimum Gasteiger partial charge on any atom is -0.466 e. The molecule has 0 spiro atoms. The molecule has 0 aliphatic rings. The van der Waals surface area contributed by atoms with E-state index in [1.54, 1.807) is 19.1 Å². The van der Waals surface area contributed by atoms with Gasteiger partial charge in [0.1, 0.15) is 6.29 Å². The van der Waals surface area contributed by atoms with Crippen LogP contribution in [-0.4, -0.2) is 18.9 Å². The molecule has 2 aromatic rings. The van der Waals surface area contributed by atoms with E-state index in [9.17, 15) is 9.59 Å². The molecule has 0 aliphatic carbocycles. The standard InChI is InChI=1S/C17H16O3/c1-2-20-17(19)11-14-4-3-5-16(10-14)15-8-6-13(12-18)7-9-15/h3-10,12H,2,11H2,1H3. The molecule has 0 saturated carbocycles. The lowest BCUT2D eigenvalue weighted by Crippen LogP contribution is -2.07. The fraction of sp³-hybridized carbons (Fsp3) is 0.176. The number of carbonyl (C=O) groups excluding carboxylic acids is 2. The van der Waals surface area contributed by atoms with Crippen LogP contribution in [0.5, 0.6) is 0 Å². The third-order valence-electron chi connectivity index (χ3n) is 2.96. The van der Waals surface area contributed by atoms with Crippen LogP contribution in [0.1, 0.15) is 22.8 Å². The predicted molar refractivity (Wildman–Crippen MR) is 77.6 cm³/mol. The Labute approximate surface area is 118 Å². The average molecular weight is 268 g/mol. The molecule has 0 bridgehead atoms. The summed E-state index contributed by atoms with van der Waals surface area (Å²) < 4.78 is 4.94. The van der Waals surface area contributed by atoms with Gasteiger partial charge >= 0.3 is 5.97 Å². The summed E-state index contributed by atoms with van der Waals surface area (Å²) in [6.45, 7) is 2.19. The Morgan fingerprint density at radius 3 is 2.50 bits per heavy atom. The molecule has 0 unspecified atom stereocenters. The van der Waals surface area contributed by atoms with Crippen molar-refractivity contribution in [2.75, 3.05) is 6.61 Å². The number of hydrogen-bond acceptors (Lipinski definition) is 3. The first-order chi connectivity index (χ1) is 9.72. The van der Waals surface area contributed by atoms with Crippen LogP contribution in [-0.2, 0) is 16.0 Å². The Morgan fingerprint density at radius 1 is 1.10 bits per heavy atom. The monoisotopic (exact) mass is 268 g/mol. The molecule has 2 rings (SSSR count). The van der Waals surface area contributed by atoms with Crippen molar-refractivity contribution in [2.45, 2.75) is 13.3 Å². The average Bonchev–Trinajstić information content (AvgIpc) is 2.48. The fourth-order valence-corrected chi connectivity index (χ4v) is 1.99. The first-order valence-corrected chi connectivity index (χ1v) is 6.53. The van der Waals surface area contributed by atoms with Crippen molar-refractivity contribution in [1.29, 1.82) is 0 Å². The van der Waals surface area contributed by atoms with Crippen LogP contribution >= 0.6 is 0 Å². The van der Waals surface area contributed by atoms with Gasteiger partial charge in [-0.25, -0.2) is 0 Å². The Kier molecular flexibility index (Phi) is 4.66. The molecule has 3 heteroatoms. The molecule has 0 heterocycles. The largest absolute Gasteiger partial charge is 0.466 e. The van der Waals surface area contributed by atoms with Crippen LogP contribution in [0.4, 0.5) is 0 Å². The van der Waals surface area contributed by atoms with Gasteiger partial charge in [-0.3, -0.25) is 9.59 Å². The lowest BCUT2D eigenvalue weighted by molar-refractivity contribution is -0.142. The maximum atomic E-state index is 11.5. The van der Waals surface area contributed by atoms with Gasteiger partial charge in [-0.2, -0.15) is 0 Å². The SMILES string of the molecule is CCOC(=O)Cc1cccc(-c2ccc(C=O)cc2)c1. The lowest BCUT2D eigenvalue weighted by atomic mass is 10.0. The van der Waals surface area contributed by atoms with Crippen LogP contribution < -0.4 is 0 Å². The molecule has 3 nitrogen and oxygen atoms in total. The number of hydrogen-bond donors (Lipinski definition) is 0. The van der Waals surface area contributed by atoms with E-state index in [1.807, 2.05) is 36.4 Å². The van der Waals surface area contributed by atoms with Crippen LogP contribution in [0.25, 0.3) is 11.1 Å². The molecule has 0 N–H and O–H groups in total. The zero-order chi connectivity index (χ0) is 14.4. The molecule has 0 atom stereocenters. The summed E-state index contributed by atoms with van der Waals surface area (Å²) in [6, 6.07) is 15.1. The van der Waals surface area contributed by atoms with E-state index in [0.29, 0.717) is 12.2 Å². The molecule has 0 aromatic heterocycles. The van der Waals surface area contributed by atoms with E-state index in [-0.39, 0.29) is 12.4 Å². The first kappa shape index (κ1) is 14.0. The summed E-state index contributed by atoms with van der Waals surface area (Å²) in [4.78, 5) is 22.1. The minimum atomic E-state index is -0.221. The molecule has 0 amide bonds. The molecule has 102 valence electrons. The third kappa shape index (κ3) is 3.54. The van der Waals surface area contributed by atoms with Gasteiger partial charge < -0.3 is 4.74 Å². The van der Waals surface area contributed by atoms with E-state index >= 15 is 0 Å². The van der Waals surface area contributed by atoms with Crippen molar-refractivity contribution in [3.05, 3.63) is 59.7 Å². The molecule has 0 fully saturated rings. The van der Waals surface area contributed by atoms with E-state index in [2.05, 4.69) is 0 Å². The minimum absolute atomic E-state index is 0.221. The number of carbonyl (C=O) groups is 2. The topological polar surface area (TPSA) is 43.4 Å².